The molecule has 0 radical (unpaired) electrons. The van der Waals surface area contributed by atoms with E-state index >= 15 is 0 Å². The van der Waals surface area contributed by atoms with Gasteiger partial charge in [-0.3, -0.25) is 14.9 Å². The van der Waals surface area contributed by atoms with Crippen LogP contribution in [-0.2, 0) is 4.79 Å². The Kier molecular flexibility index (Phi) is 6.32. The number of methoxy groups -OCH3 is 2. The molecule has 0 unspecified atom stereocenters. The van der Waals surface area contributed by atoms with Crippen LogP contribution in [0.4, 0.5) is 5.69 Å². The molecule has 2 aromatic rings. The summed E-state index contributed by atoms with van der Waals surface area (Å²) in [4.78, 5) is 22.4. The lowest BCUT2D eigenvalue weighted by Gasteiger charge is -2.15. The third-order valence-electron chi connectivity index (χ3n) is 3.77. The Morgan fingerprint density at radius 1 is 1.15 bits per heavy atom. The fraction of sp³-hybridized carbons (Fsp3) is 0.211. The average Bonchev–Trinajstić information content (AvgIpc) is 2.65. The van der Waals surface area contributed by atoms with Crippen molar-refractivity contribution in [2.24, 2.45) is 0 Å². The SMILES string of the molecule is COc1ccc([C@H](C)NC(=O)/C=C/c2cccc([N+](=O)[O-])c2)cc1OC. The largest absolute Gasteiger partial charge is 0.493 e. The number of carbonyl (C=O) groups is 1. The molecule has 0 aliphatic heterocycles. The molecule has 0 fully saturated rings. The molecule has 0 aliphatic rings. The summed E-state index contributed by atoms with van der Waals surface area (Å²) < 4.78 is 10.5. The normalized spacial score (nSPS) is 11.8. The van der Waals surface area contributed by atoms with Crippen LogP contribution in [0.15, 0.2) is 48.5 Å². The number of hydrogen-bond donors (Lipinski definition) is 1. The van der Waals surface area contributed by atoms with Gasteiger partial charge in [0.05, 0.1) is 25.2 Å². The second kappa shape index (κ2) is 8.66. The number of ether oxygens (including phenoxy) is 2. The Bertz CT molecular complexity index is 832. The summed E-state index contributed by atoms with van der Waals surface area (Å²) in [5.74, 6) is 0.886. The van der Waals surface area contributed by atoms with Crippen molar-refractivity contribution in [1.29, 1.82) is 0 Å². The van der Waals surface area contributed by atoms with Crippen molar-refractivity contribution in [3.05, 3.63) is 69.8 Å². The van der Waals surface area contributed by atoms with Gasteiger partial charge in [0, 0.05) is 18.2 Å². The van der Waals surface area contributed by atoms with Crippen molar-refractivity contribution in [3.63, 3.8) is 0 Å². The van der Waals surface area contributed by atoms with Crippen molar-refractivity contribution in [3.8, 4) is 11.5 Å². The molecular weight excluding hydrogens is 336 g/mol. The average molecular weight is 356 g/mol. The Labute approximate surface area is 151 Å². The van der Waals surface area contributed by atoms with Crippen LogP contribution in [0.5, 0.6) is 11.5 Å². The molecule has 1 amide bonds. The Morgan fingerprint density at radius 2 is 1.88 bits per heavy atom. The second-order valence-corrected chi connectivity index (χ2v) is 5.53. The van der Waals surface area contributed by atoms with Crippen molar-refractivity contribution in [1.82, 2.24) is 5.32 Å². The molecule has 26 heavy (non-hydrogen) atoms. The first-order chi connectivity index (χ1) is 12.4. The van der Waals surface area contributed by atoms with E-state index in [1.165, 1.54) is 24.3 Å². The topological polar surface area (TPSA) is 90.7 Å². The second-order valence-electron chi connectivity index (χ2n) is 5.53. The predicted octanol–water partition coefficient (Wildman–Crippen LogP) is 3.50. The molecule has 2 aromatic carbocycles. The quantitative estimate of drug-likeness (QED) is 0.466. The lowest BCUT2D eigenvalue weighted by molar-refractivity contribution is -0.384. The van der Waals surface area contributed by atoms with Crippen LogP contribution < -0.4 is 14.8 Å². The summed E-state index contributed by atoms with van der Waals surface area (Å²) in [5.41, 5.74) is 1.42. The fourth-order valence-corrected chi connectivity index (χ4v) is 2.38. The van der Waals surface area contributed by atoms with Crippen LogP contribution >= 0.6 is 0 Å². The van der Waals surface area contributed by atoms with Gasteiger partial charge in [0.25, 0.3) is 5.69 Å². The van der Waals surface area contributed by atoms with E-state index in [4.69, 9.17) is 9.47 Å². The third-order valence-corrected chi connectivity index (χ3v) is 3.77. The van der Waals surface area contributed by atoms with E-state index in [0.29, 0.717) is 17.1 Å². The standard InChI is InChI=1S/C19H20N2O5/c1-13(15-8-9-17(25-2)18(12-15)26-3)20-19(22)10-7-14-5-4-6-16(11-14)21(23)24/h4-13H,1-3H3,(H,20,22)/b10-7+/t13-/m0/s1. The fourth-order valence-electron chi connectivity index (χ4n) is 2.38. The molecule has 0 bridgehead atoms. The van der Waals surface area contributed by atoms with Crippen LogP contribution in [0.25, 0.3) is 6.08 Å². The minimum atomic E-state index is -0.476. The molecule has 0 aromatic heterocycles. The highest BCUT2D eigenvalue weighted by Crippen LogP contribution is 2.29. The number of nitro benzene ring substituents is 1. The van der Waals surface area contributed by atoms with E-state index < -0.39 is 4.92 Å². The monoisotopic (exact) mass is 356 g/mol. The summed E-state index contributed by atoms with van der Waals surface area (Å²) in [5, 5.41) is 13.6. The van der Waals surface area contributed by atoms with E-state index in [9.17, 15) is 14.9 Å². The van der Waals surface area contributed by atoms with Crippen LogP contribution in [0.3, 0.4) is 0 Å². The molecule has 0 spiro atoms. The lowest BCUT2D eigenvalue weighted by atomic mass is 10.1. The van der Waals surface area contributed by atoms with Gasteiger partial charge in [-0.25, -0.2) is 0 Å². The first-order valence-electron chi connectivity index (χ1n) is 7.89. The maximum Gasteiger partial charge on any atom is 0.270 e. The summed E-state index contributed by atoms with van der Waals surface area (Å²) in [6.45, 7) is 1.85. The predicted molar refractivity (Wildman–Crippen MR) is 98.2 cm³/mol. The highest BCUT2D eigenvalue weighted by molar-refractivity contribution is 5.92. The van der Waals surface area contributed by atoms with Crippen LogP contribution in [0.1, 0.15) is 24.1 Å². The van der Waals surface area contributed by atoms with E-state index in [1.807, 2.05) is 13.0 Å². The first-order valence-corrected chi connectivity index (χ1v) is 7.89. The highest BCUT2D eigenvalue weighted by atomic mass is 16.6. The van der Waals surface area contributed by atoms with E-state index in [1.54, 1.807) is 38.5 Å². The molecule has 7 heteroatoms. The summed E-state index contributed by atoms with van der Waals surface area (Å²) in [6, 6.07) is 11.2. The molecule has 136 valence electrons. The first kappa shape index (κ1) is 19.0. The number of carbonyl (C=O) groups excluding carboxylic acids is 1. The van der Waals surface area contributed by atoms with E-state index in [2.05, 4.69) is 5.32 Å². The number of benzene rings is 2. The highest BCUT2D eigenvalue weighted by Gasteiger charge is 2.11. The van der Waals surface area contributed by atoms with Gasteiger partial charge in [0.2, 0.25) is 5.91 Å². The minimum Gasteiger partial charge on any atom is -0.493 e. The molecule has 0 saturated heterocycles. The van der Waals surface area contributed by atoms with Gasteiger partial charge < -0.3 is 14.8 Å². The Hall–Kier alpha value is -3.35. The number of rotatable bonds is 7. The third kappa shape index (κ3) is 4.83. The molecule has 0 saturated carbocycles. The number of non-ortho nitro benzene ring substituents is 1. The zero-order valence-electron chi connectivity index (χ0n) is 14.8. The van der Waals surface area contributed by atoms with Crippen molar-refractivity contribution in [2.45, 2.75) is 13.0 Å². The van der Waals surface area contributed by atoms with Crippen LogP contribution in [-0.4, -0.2) is 25.1 Å². The number of nitrogens with zero attached hydrogens (tertiary/aromatic N) is 1. The van der Waals surface area contributed by atoms with Crippen molar-refractivity contribution < 1.29 is 19.2 Å². The lowest BCUT2D eigenvalue weighted by Crippen LogP contribution is -2.24. The number of nitro groups is 1. The maximum atomic E-state index is 12.1. The Morgan fingerprint density at radius 3 is 2.54 bits per heavy atom. The summed E-state index contributed by atoms with van der Waals surface area (Å²) >= 11 is 0. The molecule has 1 N–H and O–H groups in total. The van der Waals surface area contributed by atoms with Crippen LogP contribution in [0.2, 0.25) is 0 Å². The van der Waals surface area contributed by atoms with Gasteiger partial charge in [-0.1, -0.05) is 18.2 Å². The molecule has 0 heterocycles. The summed E-state index contributed by atoms with van der Waals surface area (Å²) in [6.07, 6.45) is 2.87. The summed E-state index contributed by atoms with van der Waals surface area (Å²) in [7, 11) is 3.11. The van der Waals surface area contributed by atoms with Gasteiger partial charge in [-0.15, -0.1) is 0 Å². The molecule has 7 nitrogen and oxygen atoms in total. The zero-order valence-corrected chi connectivity index (χ0v) is 14.8. The van der Waals surface area contributed by atoms with E-state index in [0.717, 1.165) is 5.56 Å². The smallest absolute Gasteiger partial charge is 0.270 e. The Balaban J connectivity index is 2.05. The van der Waals surface area contributed by atoms with Gasteiger partial charge >= 0.3 is 0 Å². The van der Waals surface area contributed by atoms with Gasteiger partial charge in [0.15, 0.2) is 11.5 Å². The van der Waals surface area contributed by atoms with Crippen LogP contribution in [0, 0.1) is 10.1 Å². The molecule has 2 rings (SSSR count). The van der Waals surface area contributed by atoms with Gasteiger partial charge in [0.1, 0.15) is 0 Å². The minimum absolute atomic E-state index is 0.0220. The maximum absolute atomic E-state index is 12.1. The van der Waals surface area contributed by atoms with Crippen molar-refractivity contribution >= 4 is 17.7 Å². The van der Waals surface area contributed by atoms with Crippen molar-refractivity contribution in [2.75, 3.05) is 14.2 Å². The zero-order chi connectivity index (χ0) is 19.1. The molecule has 0 aliphatic carbocycles. The van der Waals surface area contributed by atoms with Gasteiger partial charge in [-0.05, 0) is 36.3 Å². The molecule has 1 atom stereocenters. The number of amides is 1. The van der Waals surface area contributed by atoms with Gasteiger partial charge in [-0.2, -0.15) is 0 Å². The van der Waals surface area contributed by atoms with E-state index in [-0.39, 0.29) is 17.6 Å². The number of nitrogens with one attached hydrogen (secondary N) is 1. The number of hydrogen-bond acceptors (Lipinski definition) is 5. The molecular formula is C19H20N2O5.